The quantitative estimate of drug-likeness (QED) is 0.332. The number of aromatic nitrogens is 2. The second-order valence-electron chi connectivity index (χ2n) is 11.8. The van der Waals surface area contributed by atoms with Crippen molar-refractivity contribution in [3.8, 4) is 41.0 Å². The van der Waals surface area contributed by atoms with Gasteiger partial charge < -0.3 is 29.7 Å². The van der Waals surface area contributed by atoms with Crippen molar-refractivity contribution in [2.45, 2.75) is 18.9 Å². The highest BCUT2D eigenvalue weighted by atomic mass is 19.1. The molecular weight excluding hydrogens is 540 g/mol. The summed E-state index contributed by atoms with van der Waals surface area (Å²) in [6.45, 7) is 3.73. The number of rotatable bonds is 6. The molecule has 3 aromatic carbocycles. The number of aromatic hydroxyl groups is 1. The van der Waals surface area contributed by atoms with E-state index in [1.807, 2.05) is 14.1 Å². The average Bonchev–Trinajstić information content (AvgIpc) is 3.76. The van der Waals surface area contributed by atoms with Gasteiger partial charge in [-0.1, -0.05) is 12.0 Å². The van der Waals surface area contributed by atoms with Gasteiger partial charge in [0.05, 0.1) is 23.6 Å². The molecule has 1 saturated heterocycles. The molecular formula is C32H31F2N5O3. The number of benzene rings is 3. The number of phenols is 1. The van der Waals surface area contributed by atoms with Crippen molar-refractivity contribution >= 4 is 27.5 Å². The lowest BCUT2D eigenvalue weighted by molar-refractivity contribution is 0.183. The number of halogens is 2. The van der Waals surface area contributed by atoms with Crippen LogP contribution in [0.2, 0.25) is 0 Å². The third-order valence-corrected chi connectivity index (χ3v) is 8.49. The Labute approximate surface area is 242 Å². The largest absolute Gasteiger partial charge is 0.508 e. The highest BCUT2D eigenvalue weighted by molar-refractivity contribution is 6.05. The molecule has 8 nitrogen and oxygen atoms in total. The SMILES string of the molecule is C#Cc1c(F)ccc2cc(O)cc(-c3cc4c5c(nc(OCC6(CN(C)C)CC6)nc5c3F)N3CCNC[C@H]3CO4)c12. The third kappa shape index (κ3) is 4.44. The minimum absolute atomic E-state index is 0.0139. The van der Waals surface area contributed by atoms with E-state index in [1.54, 1.807) is 6.07 Å². The van der Waals surface area contributed by atoms with Gasteiger partial charge in [0.25, 0.3) is 0 Å². The van der Waals surface area contributed by atoms with Crippen molar-refractivity contribution in [1.29, 1.82) is 0 Å². The minimum atomic E-state index is -0.659. The number of fused-ring (bicyclic) bond motifs is 3. The van der Waals surface area contributed by atoms with E-state index in [4.69, 9.17) is 20.9 Å². The predicted molar refractivity (Wildman–Crippen MR) is 157 cm³/mol. The van der Waals surface area contributed by atoms with Gasteiger partial charge in [-0.05, 0) is 62.2 Å². The summed E-state index contributed by atoms with van der Waals surface area (Å²) in [5, 5.41) is 15.2. The summed E-state index contributed by atoms with van der Waals surface area (Å²) < 4.78 is 44.1. The standard InChI is InChI=1S/C32H31F2N5O3/c1-4-21-24(33)6-5-18-11-20(40)12-22(26(18)21)23-13-25-27-29(28(23)34)36-31(42-17-32(7-8-32)16-38(2)3)37-30(27)39-10-9-35-14-19(39)15-41-25/h1,5-6,11-13,19,35,40H,7-10,14-17H2,2-3H3/t19-/m0/s1. The Morgan fingerprint density at radius 2 is 2.02 bits per heavy atom. The van der Waals surface area contributed by atoms with Crippen LogP contribution in [0.3, 0.4) is 0 Å². The second kappa shape index (κ2) is 9.96. The molecule has 0 radical (unpaired) electrons. The van der Waals surface area contributed by atoms with E-state index in [-0.39, 0.29) is 45.4 Å². The molecule has 10 heteroatoms. The lowest BCUT2D eigenvalue weighted by Crippen LogP contribution is -2.53. The van der Waals surface area contributed by atoms with Crippen molar-refractivity contribution in [1.82, 2.24) is 20.2 Å². The Morgan fingerprint density at radius 1 is 1.19 bits per heavy atom. The van der Waals surface area contributed by atoms with Crippen LogP contribution in [0, 0.1) is 29.4 Å². The highest BCUT2D eigenvalue weighted by Crippen LogP contribution is 2.47. The van der Waals surface area contributed by atoms with Crippen LogP contribution in [0.1, 0.15) is 18.4 Å². The van der Waals surface area contributed by atoms with Gasteiger partial charge in [-0.15, -0.1) is 6.42 Å². The summed E-state index contributed by atoms with van der Waals surface area (Å²) in [6, 6.07) is 7.26. The average molecular weight is 572 g/mol. The molecule has 1 aliphatic carbocycles. The molecule has 1 atom stereocenters. The van der Waals surface area contributed by atoms with E-state index in [0.717, 1.165) is 25.9 Å². The summed E-state index contributed by atoms with van der Waals surface area (Å²) in [5.41, 5.74) is 0.374. The molecule has 42 heavy (non-hydrogen) atoms. The molecule has 1 aromatic heterocycles. The summed E-state index contributed by atoms with van der Waals surface area (Å²) in [4.78, 5) is 13.7. The van der Waals surface area contributed by atoms with Gasteiger partial charge >= 0.3 is 6.01 Å². The van der Waals surface area contributed by atoms with Crippen LogP contribution in [-0.4, -0.2) is 79.5 Å². The van der Waals surface area contributed by atoms with E-state index in [1.165, 1.54) is 24.3 Å². The maximum atomic E-state index is 16.8. The molecule has 2 aliphatic heterocycles. The normalized spacial score (nSPS) is 18.9. The summed E-state index contributed by atoms with van der Waals surface area (Å²) >= 11 is 0. The number of hydrogen-bond donors (Lipinski definition) is 2. The number of terminal acetylenes is 1. The van der Waals surface area contributed by atoms with E-state index >= 15 is 4.39 Å². The van der Waals surface area contributed by atoms with Gasteiger partial charge in [-0.25, -0.2) is 8.78 Å². The smallest absolute Gasteiger partial charge is 0.319 e. The van der Waals surface area contributed by atoms with Crippen molar-refractivity contribution in [2.24, 2.45) is 5.41 Å². The molecule has 0 bridgehead atoms. The number of nitrogens with one attached hydrogen (secondary N) is 1. The first-order valence-corrected chi connectivity index (χ1v) is 14.1. The van der Waals surface area contributed by atoms with Gasteiger partial charge in [0.15, 0.2) is 5.82 Å². The molecule has 0 amide bonds. The Morgan fingerprint density at radius 3 is 2.79 bits per heavy atom. The Hall–Kier alpha value is -4.20. The number of anilines is 1. The Bertz CT molecular complexity index is 1780. The van der Waals surface area contributed by atoms with Gasteiger partial charge in [0, 0.05) is 42.5 Å². The van der Waals surface area contributed by atoms with Crippen LogP contribution in [0.5, 0.6) is 17.5 Å². The van der Waals surface area contributed by atoms with E-state index in [0.29, 0.717) is 54.0 Å². The Kier molecular flexibility index (Phi) is 6.33. The maximum Gasteiger partial charge on any atom is 0.319 e. The van der Waals surface area contributed by atoms with E-state index in [9.17, 15) is 9.50 Å². The fourth-order valence-electron chi connectivity index (χ4n) is 6.36. The number of piperazine rings is 1. The molecule has 7 rings (SSSR count). The van der Waals surface area contributed by atoms with Gasteiger partial charge in [-0.2, -0.15) is 9.97 Å². The number of nitrogens with zero attached hydrogens (tertiary/aromatic N) is 4. The van der Waals surface area contributed by atoms with Gasteiger partial charge in [0.2, 0.25) is 0 Å². The highest BCUT2D eigenvalue weighted by Gasteiger charge is 2.44. The van der Waals surface area contributed by atoms with Crippen molar-refractivity contribution in [3.63, 3.8) is 0 Å². The lowest BCUT2D eigenvalue weighted by atomic mass is 9.92. The molecule has 3 aliphatic rings. The van der Waals surface area contributed by atoms with Crippen molar-refractivity contribution < 1.29 is 23.4 Å². The van der Waals surface area contributed by atoms with Gasteiger partial charge in [0.1, 0.15) is 35.3 Å². The van der Waals surface area contributed by atoms with Crippen LogP contribution < -0.4 is 19.7 Å². The Balaban J connectivity index is 1.45. The third-order valence-electron chi connectivity index (χ3n) is 8.49. The maximum absolute atomic E-state index is 16.8. The van der Waals surface area contributed by atoms with Crippen LogP contribution in [0.25, 0.3) is 32.8 Å². The zero-order valence-electron chi connectivity index (χ0n) is 23.5. The molecule has 2 fully saturated rings. The molecule has 0 spiro atoms. The number of hydrogen-bond acceptors (Lipinski definition) is 8. The summed E-state index contributed by atoms with van der Waals surface area (Å²) in [6.07, 6.45) is 7.79. The molecule has 1 saturated carbocycles. The van der Waals surface area contributed by atoms with Gasteiger partial charge in [-0.3, -0.25) is 0 Å². The van der Waals surface area contributed by atoms with E-state index < -0.39 is 11.6 Å². The summed E-state index contributed by atoms with van der Waals surface area (Å²) in [5.74, 6) is 1.99. The first-order chi connectivity index (χ1) is 20.3. The monoisotopic (exact) mass is 571 g/mol. The predicted octanol–water partition coefficient (Wildman–Crippen LogP) is 4.31. The second-order valence-corrected chi connectivity index (χ2v) is 11.8. The van der Waals surface area contributed by atoms with E-state index in [2.05, 4.69) is 26.0 Å². The first kappa shape index (κ1) is 26.7. The van der Waals surface area contributed by atoms with Crippen LogP contribution in [0.4, 0.5) is 14.6 Å². The molecule has 3 heterocycles. The zero-order valence-corrected chi connectivity index (χ0v) is 23.5. The van der Waals surface area contributed by atoms with Crippen LogP contribution in [0.15, 0.2) is 30.3 Å². The molecule has 4 aromatic rings. The molecule has 216 valence electrons. The lowest BCUT2D eigenvalue weighted by Gasteiger charge is -2.35. The van der Waals surface area contributed by atoms with Crippen LogP contribution >= 0.6 is 0 Å². The fourth-order valence-corrected chi connectivity index (χ4v) is 6.36. The topological polar surface area (TPSA) is 83.0 Å². The minimum Gasteiger partial charge on any atom is -0.508 e. The fraction of sp³-hybridized carbons (Fsp3) is 0.375. The number of ether oxygens (including phenoxy) is 2. The summed E-state index contributed by atoms with van der Waals surface area (Å²) in [7, 11) is 4.07. The van der Waals surface area contributed by atoms with Crippen molar-refractivity contribution in [3.05, 3.63) is 47.5 Å². The molecule has 0 unspecified atom stereocenters. The van der Waals surface area contributed by atoms with Crippen LogP contribution in [-0.2, 0) is 0 Å². The molecule has 2 N–H and O–H groups in total. The zero-order chi connectivity index (χ0) is 29.2. The van der Waals surface area contributed by atoms with Crippen molar-refractivity contribution in [2.75, 3.05) is 58.4 Å². The number of phenolic OH excluding ortho intramolecular Hbond substituents is 1. The first-order valence-electron chi connectivity index (χ1n) is 14.1.